The SMILES string of the molecule is CCOC(=O)c1c(NC(=O)Nc2ccccc2)sc2c1CCC2. The molecule has 1 aromatic heterocycles. The summed E-state index contributed by atoms with van der Waals surface area (Å²) in [6.07, 6.45) is 2.86. The fourth-order valence-corrected chi connectivity index (χ4v) is 3.97. The second kappa shape index (κ2) is 6.83. The molecule has 0 saturated carbocycles. The zero-order chi connectivity index (χ0) is 16.2. The van der Waals surface area contributed by atoms with E-state index in [9.17, 15) is 9.59 Å². The van der Waals surface area contributed by atoms with Gasteiger partial charge in [-0.05, 0) is 43.9 Å². The molecule has 2 aromatic rings. The van der Waals surface area contributed by atoms with Crippen molar-refractivity contribution in [3.8, 4) is 0 Å². The van der Waals surface area contributed by atoms with Crippen molar-refractivity contribution < 1.29 is 14.3 Å². The van der Waals surface area contributed by atoms with Gasteiger partial charge >= 0.3 is 12.0 Å². The monoisotopic (exact) mass is 330 g/mol. The molecule has 0 fully saturated rings. The van der Waals surface area contributed by atoms with Gasteiger partial charge in [0.05, 0.1) is 12.2 Å². The van der Waals surface area contributed by atoms with Crippen molar-refractivity contribution in [1.29, 1.82) is 0 Å². The smallest absolute Gasteiger partial charge is 0.341 e. The van der Waals surface area contributed by atoms with E-state index in [0.717, 1.165) is 24.8 Å². The lowest BCUT2D eigenvalue weighted by molar-refractivity contribution is 0.0527. The summed E-state index contributed by atoms with van der Waals surface area (Å²) >= 11 is 1.47. The molecular formula is C17H18N2O3S. The van der Waals surface area contributed by atoms with Gasteiger partial charge in [-0.25, -0.2) is 9.59 Å². The van der Waals surface area contributed by atoms with Gasteiger partial charge in [-0.2, -0.15) is 0 Å². The average molecular weight is 330 g/mol. The van der Waals surface area contributed by atoms with Crippen molar-refractivity contribution in [2.24, 2.45) is 0 Å². The number of fused-ring (bicyclic) bond motifs is 1. The van der Waals surface area contributed by atoms with Gasteiger partial charge in [-0.3, -0.25) is 5.32 Å². The highest BCUT2D eigenvalue weighted by Crippen LogP contribution is 2.39. The van der Waals surface area contributed by atoms with Crippen molar-refractivity contribution in [3.63, 3.8) is 0 Å². The van der Waals surface area contributed by atoms with Crippen LogP contribution in [0.5, 0.6) is 0 Å². The van der Waals surface area contributed by atoms with Crippen molar-refractivity contribution >= 4 is 34.0 Å². The van der Waals surface area contributed by atoms with E-state index in [2.05, 4.69) is 10.6 Å². The first kappa shape index (κ1) is 15.6. The summed E-state index contributed by atoms with van der Waals surface area (Å²) in [5, 5.41) is 6.12. The highest BCUT2D eigenvalue weighted by Gasteiger charge is 2.28. The van der Waals surface area contributed by atoms with Crippen molar-refractivity contribution in [3.05, 3.63) is 46.3 Å². The number of anilines is 2. The fourth-order valence-electron chi connectivity index (χ4n) is 2.70. The zero-order valence-corrected chi connectivity index (χ0v) is 13.7. The molecule has 5 nitrogen and oxygen atoms in total. The molecule has 0 radical (unpaired) electrons. The molecule has 0 saturated heterocycles. The van der Waals surface area contributed by atoms with Gasteiger partial charge in [0.2, 0.25) is 0 Å². The number of rotatable bonds is 4. The van der Waals surface area contributed by atoms with Gasteiger partial charge in [-0.1, -0.05) is 18.2 Å². The summed E-state index contributed by atoms with van der Waals surface area (Å²) in [5.74, 6) is -0.359. The van der Waals surface area contributed by atoms with Gasteiger partial charge in [0.25, 0.3) is 0 Å². The molecule has 0 bridgehead atoms. The van der Waals surface area contributed by atoms with Crippen molar-refractivity contribution in [2.75, 3.05) is 17.2 Å². The number of nitrogens with one attached hydrogen (secondary N) is 2. The maximum atomic E-state index is 12.2. The molecule has 120 valence electrons. The van der Waals surface area contributed by atoms with E-state index in [1.807, 2.05) is 18.2 Å². The van der Waals surface area contributed by atoms with Crippen LogP contribution in [0, 0.1) is 0 Å². The van der Waals surface area contributed by atoms with E-state index in [1.54, 1.807) is 19.1 Å². The molecule has 1 aliphatic carbocycles. The fraction of sp³-hybridized carbons (Fsp3) is 0.294. The topological polar surface area (TPSA) is 67.4 Å². The van der Waals surface area contributed by atoms with Crippen LogP contribution in [-0.2, 0) is 17.6 Å². The van der Waals surface area contributed by atoms with E-state index in [-0.39, 0.29) is 12.0 Å². The number of esters is 1. The normalized spacial score (nSPS) is 12.6. The lowest BCUT2D eigenvalue weighted by Crippen LogP contribution is -2.20. The molecule has 6 heteroatoms. The van der Waals surface area contributed by atoms with Crippen LogP contribution in [0.4, 0.5) is 15.5 Å². The Morgan fingerprint density at radius 1 is 1.17 bits per heavy atom. The third-order valence-corrected chi connectivity index (χ3v) is 4.87. The van der Waals surface area contributed by atoms with Crippen molar-refractivity contribution in [1.82, 2.24) is 0 Å². The molecule has 0 aliphatic heterocycles. The third kappa shape index (κ3) is 3.37. The Bertz CT molecular complexity index is 725. The van der Waals surface area contributed by atoms with Gasteiger partial charge in [-0.15, -0.1) is 11.3 Å². The molecule has 0 unspecified atom stereocenters. The molecule has 1 aromatic carbocycles. The first-order valence-corrected chi connectivity index (χ1v) is 8.45. The minimum atomic E-state index is -0.360. The highest BCUT2D eigenvalue weighted by atomic mass is 32.1. The van der Waals surface area contributed by atoms with Gasteiger partial charge < -0.3 is 10.1 Å². The standard InChI is InChI=1S/C17H18N2O3S/c1-2-22-16(20)14-12-9-6-10-13(12)23-15(14)19-17(21)18-11-7-4-3-5-8-11/h3-5,7-8H,2,6,9-10H2,1H3,(H2,18,19,21). The number of hydrogen-bond donors (Lipinski definition) is 2. The van der Waals surface area contributed by atoms with E-state index in [1.165, 1.54) is 16.2 Å². The average Bonchev–Trinajstić information content (AvgIpc) is 3.08. The minimum absolute atomic E-state index is 0.319. The lowest BCUT2D eigenvalue weighted by Gasteiger charge is -2.09. The number of para-hydroxylation sites is 1. The number of urea groups is 1. The Kier molecular flexibility index (Phi) is 4.62. The van der Waals surface area contributed by atoms with E-state index in [4.69, 9.17) is 4.74 Å². The summed E-state index contributed by atoms with van der Waals surface area (Å²) in [5.41, 5.74) is 2.25. The number of ether oxygens (including phenoxy) is 1. The van der Waals surface area contributed by atoms with Crippen LogP contribution in [-0.4, -0.2) is 18.6 Å². The second-order valence-electron chi connectivity index (χ2n) is 5.23. The predicted octanol–water partition coefficient (Wildman–Crippen LogP) is 4.06. The van der Waals surface area contributed by atoms with Gasteiger partial charge in [0, 0.05) is 10.6 Å². The lowest BCUT2D eigenvalue weighted by atomic mass is 10.1. The Balaban J connectivity index is 1.80. The Hall–Kier alpha value is -2.34. The minimum Gasteiger partial charge on any atom is -0.462 e. The van der Waals surface area contributed by atoms with Crippen LogP contribution in [0.2, 0.25) is 0 Å². The largest absolute Gasteiger partial charge is 0.462 e. The third-order valence-electron chi connectivity index (χ3n) is 3.66. The number of amides is 2. The number of aryl methyl sites for hydroxylation is 1. The van der Waals surface area contributed by atoms with E-state index in [0.29, 0.717) is 22.9 Å². The number of hydrogen-bond acceptors (Lipinski definition) is 4. The summed E-state index contributed by atoms with van der Waals surface area (Å²) in [6.45, 7) is 2.10. The number of thiophene rings is 1. The van der Waals surface area contributed by atoms with E-state index >= 15 is 0 Å². The molecule has 3 rings (SSSR count). The highest BCUT2D eigenvalue weighted by molar-refractivity contribution is 7.17. The second-order valence-corrected chi connectivity index (χ2v) is 6.33. The maximum Gasteiger partial charge on any atom is 0.341 e. The molecule has 2 N–H and O–H groups in total. The van der Waals surface area contributed by atoms with Crippen LogP contribution < -0.4 is 10.6 Å². The summed E-state index contributed by atoms with van der Waals surface area (Å²) in [6, 6.07) is 8.83. The molecular weight excluding hydrogens is 312 g/mol. The van der Waals surface area contributed by atoms with Crippen LogP contribution in [0.3, 0.4) is 0 Å². The first-order valence-electron chi connectivity index (χ1n) is 7.63. The molecule has 1 heterocycles. The van der Waals surface area contributed by atoms with Crippen LogP contribution in [0.25, 0.3) is 0 Å². The Morgan fingerprint density at radius 2 is 1.96 bits per heavy atom. The maximum absolute atomic E-state index is 12.2. The number of benzene rings is 1. The van der Waals surface area contributed by atoms with Gasteiger partial charge in [0.15, 0.2) is 0 Å². The Labute approximate surface area is 138 Å². The van der Waals surface area contributed by atoms with Crippen LogP contribution in [0.15, 0.2) is 30.3 Å². The van der Waals surface area contributed by atoms with Gasteiger partial charge in [0.1, 0.15) is 5.00 Å². The zero-order valence-electron chi connectivity index (χ0n) is 12.8. The summed E-state index contributed by atoms with van der Waals surface area (Å²) in [7, 11) is 0. The van der Waals surface area contributed by atoms with Crippen LogP contribution in [0.1, 0.15) is 34.1 Å². The molecule has 1 aliphatic rings. The molecule has 23 heavy (non-hydrogen) atoms. The Morgan fingerprint density at radius 3 is 2.70 bits per heavy atom. The molecule has 0 spiro atoms. The number of carbonyl (C=O) groups is 2. The van der Waals surface area contributed by atoms with Crippen molar-refractivity contribution in [2.45, 2.75) is 26.2 Å². The summed E-state index contributed by atoms with van der Waals surface area (Å²) < 4.78 is 5.15. The van der Waals surface area contributed by atoms with Crippen LogP contribution >= 0.6 is 11.3 Å². The quantitative estimate of drug-likeness (QED) is 0.831. The molecule has 0 atom stereocenters. The van der Waals surface area contributed by atoms with E-state index < -0.39 is 0 Å². The first-order chi connectivity index (χ1) is 11.2. The predicted molar refractivity (Wildman–Crippen MR) is 91.4 cm³/mol. The molecule has 2 amide bonds. The summed E-state index contributed by atoms with van der Waals surface area (Å²) in [4.78, 5) is 25.6. The number of carbonyl (C=O) groups excluding carboxylic acids is 2.